The van der Waals surface area contributed by atoms with Crippen molar-refractivity contribution in [2.24, 2.45) is 5.92 Å². The fourth-order valence-electron chi connectivity index (χ4n) is 5.54. The van der Waals surface area contributed by atoms with E-state index in [1.54, 1.807) is 11.7 Å². The van der Waals surface area contributed by atoms with Crippen LogP contribution in [0, 0.1) is 19.8 Å². The highest BCUT2D eigenvalue weighted by atomic mass is 16.5. The van der Waals surface area contributed by atoms with Crippen molar-refractivity contribution in [1.29, 1.82) is 0 Å². The summed E-state index contributed by atoms with van der Waals surface area (Å²) < 4.78 is 7.00. The van der Waals surface area contributed by atoms with Gasteiger partial charge in [0.05, 0.1) is 22.6 Å². The number of carbonyl (C=O) groups is 1. The van der Waals surface area contributed by atoms with Crippen LogP contribution in [0.1, 0.15) is 74.9 Å². The largest absolute Gasteiger partial charge is 0.385 e. The highest BCUT2D eigenvalue weighted by molar-refractivity contribution is 5.79. The second-order valence-electron chi connectivity index (χ2n) is 10.2. The third-order valence-electron chi connectivity index (χ3n) is 7.55. The first-order valence-electron chi connectivity index (χ1n) is 13.3. The molecule has 0 saturated heterocycles. The summed E-state index contributed by atoms with van der Waals surface area (Å²) in [7, 11) is 1.68. The number of amides is 1. The quantitative estimate of drug-likeness (QED) is 0.333. The van der Waals surface area contributed by atoms with Crippen LogP contribution in [0.5, 0.6) is 0 Å². The Morgan fingerprint density at radius 3 is 2.64 bits per heavy atom. The number of fused-ring (bicyclic) bond motifs is 1. The molecular weight excluding hydrogens is 450 g/mol. The second kappa shape index (κ2) is 11.8. The van der Waals surface area contributed by atoms with E-state index in [-0.39, 0.29) is 17.5 Å². The van der Waals surface area contributed by atoms with Crippen molar-refractivity contribution in [3.63, 3.8) is 0 Å². The van der Waals surface area contributed by atoms with Crippen molar-refractivity contribution in [2.45, 2.75) is 71.8 Å². The van der Waals surface area contributed by atoms with Gasteiger partial charge in [-0.3, -0.25) is 14.2 Å². The van der Waals surface area contributed by atoms with Crippen LogP contribution in [-0.2, 0) is 9.53 Å². The molecule has 1 unspecified atom stereocenters. The predicted molar refractivity (Wildman–Crippen MR) is 145 cm³/mol. The van der Waals surface area contributed by atoms with Crippen LogP contribution < -0.4 is 5.56 Å². The predicted octanol–water partition coefficient (Wildman–Crippen LogP) is 5.90. The molecule has 1 atom stereocenters. The highest BCUT2D eigenvalue weighted by Crippen LogP contribution is 2.30. The topological polar surface area (TPSA) is 64.4 Å². The molecule has 36 heavy (non-hydrogen) atoms. The Balaban J connectivity index is 1.77. The summed E-state index contributed by atoms with van der Waals surface area (Å²) in [6.45, 7) is 7.20. The lowest BCUT2D eigenvalue weighted by Gasteiger charge is -2.31. The summed E-state index contributed by atoms with van der Waals surface area (Å²) in [4.78, 5) is 34.3. The van der Waals surface area contributed by atoms with Gasteiger partial charge in [-0.15, -0.1) is 0 Å². The molecule has 0 spiro atoms. The van der Waals surface area contributed by atoms with Gasteiger partial charge in [-0.1, -0.05) is 55.5 Å². The molecule has 1 aromatic heterocycles. The molecule has 1 fully saturated rings. The zero-order valence-corrected chi connectivity index (χ0v) is 22.1. The number of benzene rings is 2. The Labute approximate surface area is 214 Å². The molecule has 192 valence electrons. The number of para-hydroxylation sites is 1. The van der Waals surface area contributed by atoms with Gasteiger partial charge >= 0.3 is 0 Å². The molecule has 0 N–H and O–H groups in total. The van der Waals surface area contributed by atoms with E-state index in [4.69, 9.17) is 9.72 Å². The molecule has 6 nitrogen and oxygen atoms in total. The van der Waals surface area contributed by atoms with Gasteiger partial charge in [-0.05, 0) is 63.3 Å². The average molecular weight is 490 g/mol. The number of nitrogens with zero attached hydrogens (tertiary/aromatic N) is 3. The molecule has 1 aliphatic rings. The minimum Gasteiger partial charge on any atom is -0.385 e. The van der Waals surface area contributed by atoms with Gasteiger partial charge in [0.15, 0.2) is 0 Å². The maximum Gasteiger partial charge on any atom is 0.266 e. The molecule has 1 amide bonds. The summed E-state index contributed by atoms with van der Waals surface area (Å²) in [5.74, 6) is 1.37. The third-order valence-corrected chi connectivity index (χ3v) is 7.55. The van der Waals surface area contributed by atoms with Gasteiger partial charge in [0.25, 0.3) is 5.56 Å². The zero-order valence-electron chi connectivity index (χ0n) is 22.1. The smallest absolute Gasteiger partial charge is 0.266 e. The first kappa shape index (κ1) is 26.1. The Morgan fingerprint density at radius 1 is 1.17 bits per heavy atom. The lowest BCUT2D eigenvalue weighted by molar-refractivity contribution is -0.134. The number of aryl methyl sites for hydroxylation is 2. The number of methoxy groups -OCH3 is 1. The minimum atomic E-state index is -0.365. The fraction of sp³-hybridized carbons (Fsp3) is 0.500. The third kappa shape index (κ3) is 5.70. The molecule has 3 aromatic rings. The first-order chi connectivity index (χ1) is 17.4. The lowest BCUT2D eigenvalue weighted by atomic mass is 10.0. The van der Waals surface area contributed by atoms with E-state index in [1.165, 1.54) is 25.7 Å². The van der Waals surface area contributed by atoms with Gasteiger partial charge in [0.2, 0.25) is 5.91 Å². The lowest BCUT2D eigenvalue weighted by Crippen LogP contribution is -2.38. The van der Waals surface area contributed by atoms with Crippen molar-refractivity contribution in [1.82, 2.24) is 14.5 Å². The van der Waals surface area contributed by atoms with Crippen molar-refractivity contribution in [3.8, 4) is 5.69 Å². The monoisotopic (exact) mass is 489 g/mol. The number of hydrogen-bond acceptors (Lipinski definition) is 4. The molecule has 4 rings (SSSR count). The van der Waals surface area contributed by atoms with E-state index in [0.29, 0.717) is 42.2 Å². The molecule has 6 heteroatoms. The van der Waals surface area contributed by atoms with Crippen LogP contribution in [0.2, 0.25) is 0 Å². The summed E-state index contributed by atoms with van der Waals surface area (Å²) in [5, 5.41) is 0.576. The molecule has 1 aliphatic carbocycles. The number of rotatable bonds is 10. The summed E-state index contributed by atoms with van der Waals surface area (Å²) >= 11 is 0. The standard InChI is InChI=1S/C30H39N3O3/c1-21-14-16-27(22(2)20-21)33-29(31-26-13-8-7-12-25(26)30(33)35)23(3)32(18-9-19-36-4)28(34)17-15-24-10-5-6-11-24/h7-8,12-14,16,20,23-24H,5-6,9-11,15,17-19H2,1-4H3. The van der Waals surface area contributed by atoms with Crippen LogP contribution in [0.25, 0.3) is 16.6 Å². The maximum atomic E-state index is 13.8. The number of ether oxygens (including phenoxy) is 1. The highest BCUT2D eigenvalue weighted by Gasteiger charge is 2.28. The normalized spacial score (nSPS) is 14.9. The van der Waals surface area contributed by atoms with E-state index < -0.39 is 0 Å². The molecule has 1 heterocycles. The minimum absolute atomic E-state index is 0.107. The summed E-state index contributed by atoms with van der Waals surface area (Å²) in [5.41, 5.74) is 3.49. The molecule has 1 saturated carbocycles. The SMILES string of the molecule is COCCCN(C(=O)CCC1CCCC1)C(C)c1nc2ccccc2c(=O)n1-c1ccc(C)cc1C. The Hall–Kier alpha value is -2.99. The summed E-state index contributed by atoms with van der Waals surface area (Å²) in [6, 6.07) is 13.2. The van der Waals surface area contributed by atoms with Gasteiger partial charge in [0.1, 0.15) is 5.82 Å². The van der Waals surface area contributed by atoms with Crippen molar-refractivity contribution < 1.29 is 9.53 Å². The van der Waals surface area contributed by atoms with Crippen LogP contribution in [0.15, 0.2) is 47.3 Å². The zero-order chi connectivity index (χ0) is 25.7. The average Bonchev–Trinajstić information content (AvgIpc) is 3.39. The first-order valence-corrected chi connectivity index (χ1v) is 13.3. The Morgan fingerprint density at radius 2 is 1.92 bits per heavy atom. The molecule has 0 bridgehead atoms. The van der Waals surface area contributed by atoms with Gasteiger partial charge in [-0.25, -0.2) is 4.98 Å². The summed E-state index contributed by atoms with van der Waals surface area (Å²) in [6.07, 6.45) is 7.20. The van der Waals surface area contributed by atoms with E-state index in [1.807, 2.05) is 62.1 Å². The van der Waals surface area contributed by atoms with E-state index in [2.05, 4.69) is 6.07 Å². The van der Waals surface area contributed by atoms with E-state index in [9.17, 15) is 9.59 Å². The molecule has 0 radical (unpaired) electrons. The van der Waals surface area contributed by atoms with Crippen molar-refractivity contribution in [2.75, 3.05) is 20.3 Å². The number of carbonyl (C=O) groups excluding carboxylic acids is 1. The molecular formula is C30H39N3O3. The van der Waals surface area contributed by atoms with Crippen LogP contribution >= 0.6 is 0 Å². The van der Waals surface area contributed by atoms with Crippen LogP contribution in [-0.4, -0.2) is 40.6 Å². The van der Waals surface area contributed by atoms with Crippen LogP contribution in [0.4, 0.5) is 0 Å². The molecule has 2 aromatic carbocycles. The van der Waals surface area contributed by atoms with Crippen LogP contribution in [0.3, 0.4) is 0 Å². The fourth-order valence-corrected chi connectivity index (χ4v) is 5.54. The second-order valence-corrected chi connectivity index (χ2v) is 10.2. The van der Waals surface area contributed by atoms with Gasteiger partial charge < -0.3 is 9.64 Å². The van der Waals surface area contributed by atoms with Crippen molar-refractivity contribution >= 4 is 16.8 Å². The van der Waals surface area contributed by atoms with Gasteiger partial charge in [0, 0.05) is 26.7 Å². The number of aromatic nitrogens is 2. The Bertz CT molecular complexity index is 1260. The van der Waals surface area contributed by atoms with E-state index in [0.717, 1.165) is 29.7 Å². The van der Waals surface area contributed by atoms with Crippen molar-refractivity contribution in [3.05, 3.63) is 69.8 Å². The van der Waals surface area contributed by atoms with E-state index >= 15 is 0 Å². The van der Waals surface area contributed by atoms with Gasteiger partial charge in [-0.2, -0.15) is 0 Å². The Kier molecular flexibility index (Phi) is 8.57. The number of hydrogen-bond donors (Lipinski definition) is 0. The maximum absolute atomic E-state index is 13.8. The molecule has 0 aliphatic heterocycles.